The Morgan fingerprint density at radius 3 is 2.56 bits per heavy atom. The number of rotatable bonds is 3. The first-order chi connectivity index (χ1) is 13.0. The number of benzene rings is 2. The zero-order valence-corrected chi connectivity index (χ0v) is 16.3. The molecule has 1 amide bonds. The van der Waals surface area contributed by atoms with Gasteiger partial charge in [0.1, 0.15) is 5.75 Å². The molecule has 2 atom stereocenters. The number of aryl methyl sites for hydroxylation is 1. The van der Waals surface area contributed by atoms with Gasteiger partial charge in [-0.05, 0) is 54.3 Å². The minimum Gasteiger partial charge on any atom is -0.497 e. The van der Waals surface area contributed by atoms with Gasteiger partial charge in [-0.3, -0.25) is 4.79 Å². The molecule has 1 aliphatic heterocycles. The summed E-state index contributed by atoms with van der Waals surface area (Å²) in [6, 6.07) is 14.6. The van der Waals surface area contributed by atoms with Gasteiger partial charge in [-0.25, -0.2) is 5.01 Å². The third-order valence-corrected chi connectivity index (χ3v) is 5.60. The van der Waals surface area contributed by atoms with Crippen molar-refractivity contribution in [1.82, 2.24) is 5.01 Å². The molecule has 0 bridgehead atoms. The minimum atomic E-state index is -0.0380. The smallest absolute Gasteiger partial charge is 0.240 e. The highest BCUT2D eigenvalue weighted by atomic mass is 16.5. The summed E-state index contributed by atoms with van der Waals surface area (Å²) in [6.45, 7) is 1.59. The van der Waals surface area contributed by atoms with Gasteiger partial charge in [0.15, 0.2) is 0 Å². The molecule has 4 rings (SSSR count). The van der Waals surface area contributed by atoms with Crippen LogP contribution in [0.4, 0.5) is 5.69 Å². The molecular weight excluding hydrogens is 338 g/mol. The Morgan fingerprint density at radius 1 is 1.19 bits per heavy atom. The molecular formula is C22H25N3O2. The average molecular weight is 363 g/mol. The number of nitrogens with zero attached hydrogens (tertiary/aromatic N) is 3. The first kappa shape index (κ1) is 17.6. The fourth-order valence-corrected chi connectivity index (χ4v) is 4.19. The number of ether oxygens (including phenoxy) is 1. The molecule has 27 heavy (non-hydrogen) atoms. The normalized spacial score (nSPS) is 20.6. The van der Waals surface area contributed by atoms with Crippen LogP contribution in [-0.4, -0.2) is 37.8 Å². The van der Waals surface area contributed by atoms with Crippen molar-refractivity contribution in [2.75, 3.05) is 26.1 Å². The Labute approximate surface area is 160 Å². The molecule has 2 aromatic rings. The van der Waals surface area contributed by atoms with Crippen molar-refractivity contribution in [1.29, 1.82) is 0 Å². The van der Waals surface area contributed by atoms with Gasteiger partial charge >= 0.3 is 0 Å². The van der Waals surface area contributed by atoms with E-state index in [2.05, 4.69) is 41.3 Å². The van der Waals surface area contributed by atoms with Crippen molar-refractivity contribution < 1.29 is 9.53 Å². The minimum absolute atomic E-state index is 0.0198. The summed E-state index contributed by atoms with van der Waals surface area (Å²) in [5.41, 5.74) is 5.70. The molecule has 0 fully saturated rings. The summed E-state index contributed by atoms with van der Waals surface area (Å²) in [5.74, 6) is 1.07. The van der Waals surface area contributed by atoms with Gasteiger partial charge < -0.3 is 9.64 Å². The van der Waals surface area contributed by atoms with Gasteiger partial charge in [0, 0.05) is 38.2 Å². The fraction of sp³-hybridized carbons (Fsp3) is 0.364. The van der Waals surface area contributed by atoms with E-state index in [1.54, 1.807) is 19.0 Å². The third kappa shape index (κ3) is 2.97. The van der Waals surface area contributed by atoms with Gasteiger partial charge in [-0.1, -0.05) is 12.1 Å². The largest absolute Gasteiger partial charge is 0.497 e. The van der Waals surface area contributed by atoms with E-state index in [4.69, 9.17) is 9.84 Å². The van der Waals surface area contributed by atoms with Crippen LogP contribution in [-0.2, 0) is 11.2 Å². The molecule has 5 nitrogen and oxygen atoms in total. The molecule has 2 aromatic carbocycles. The summed E-state index contributed by atoms with van der Waals surface area (Å²) in [7, 11) is 5.74. The average Bonchev–Trinajstić information content (AvgIpc) is 3.07. The van der Waals surface area contributed by atoms with Crippen LogP contribution < -0.4 is 9.64 Å². The zero-order valence-electron chi connectivity index (χ0n) is 16.3. The second-order valence-electron chi connectivity index (χ2n) is 7.45. The van der Waals surface area contributed by atoms with Crippen LogP contribution >= 0.6 is 0 Å². The van der Waals surface area contributed by atoms with Gasteiger partial charge in [0.2, 0.25) is 5.91 Å². The number of hydrogen-bond donors (Lipinski definition) is 0. The van der Waals surface area contributed by atoms with Crippen LogP contribution in [0.25, 0.3) is 0 Å². The maximum absolute atomic E-state index is 12.4. The Balaban J connectivity index is 1.73. The van der Waals surface area contributed by atoms with E-state index in [9.17, 15) is 4.79 Å². The monoisotopic (exact) mass is 363 g/mol. The van der Waals surface area contributed by atoms with Crippen molar-refractivity contribution >= 4 is 17.3 Å². The van der Waals surface area contributed by atoms with E-state index in [0.717, 1.165) is 41.1 Å². The predicted molar refractivity (Wildman–Crippen MR) is 107 cm³/mol. The van der Waals surface area contributed by atoms with E-state index in [-0.39, 0.29) is 17.9 Å². The van der Waals surface area contributed by atoms with Crippen LogP contribution in [0.15, 0.2) is 47.6 Å². The quantitative estimate of drug-likeness (QED) is 0.836. The number of carbonyl (C=O) groups is 1. The third-order valence-electron chi connectivity index (χ3n) is 5.60. The second-order valence-corrected chi connectivity index (χ2v) is 7.45. The maximum atomic E-state index is 12.4. The number of anilines is 1. The predicted octanol–water partition coefficient (Wildman–Crippen LogP) is 3.63. The Morgan fingerprint density at radius 2 is 1.93 bits per heavy atom. The van der Waals surface area contributed by atoms with E-state index >= 15 is 0 Å². The highest BCUT2D eigenvalue weighted by molar-refractivity contribution is 6.06. The summed E-state index contributed by atoms with van der Waals surface area (Å²) >= 11 is 0. The van der Waals surface area contributed by atoms with Crippen molar-refractivity contribution in [3.8, 4) is 5.75 Å². The summed E-state index contributed by atoms with van der Waals surface area (Å²) in [5, 5.41) is 6.44. The number of hydrogen-bond acceptors (Lipinski definition) is 4. The lowest BCUT2D eigenvalue weighted by Gasteiger charge is -2.29. The molecule has 1 heterocycles. The highest BCUT2D eigenvalue weighted by Gasteiger charge is 2.43. The first-order valence-electron chi connectivity index (χ1n) is 9.32. The van der Waals surface area contributed by atoms with E-state index in [1.807, 2.05) is 20.2 Å². The lowest BCUT2D eigenvalue weighted by Crippen LogP contribution is -2.31. The zero-order chi connectivity index (χ0) is 19.1. The maximum Gasteiger partial charge on any atom is 0.240 e. The molecule has 2 aliphatic rings. The molecule has 0 radical (unpaired) electrons. The van der Waals surface area contributed by atoms with Crippen molar-refractivity contribution in [3.63, 3.8) is 0 Å². The molecule has 0 spiro atoms. The van der Waals surface area contributed by atoms with E-state index in [1.165, 1.54) is 5.56 Å². The summed E-state index contributed by atoms with van der Waals surface area (Å²) in [4.78, 5) is 14.4. The second kappa shape index (κ2) is 6.72. The van der Waals surface area contributed by atoms with Gasteiger partial charge in [0.05, 0.1) is 18.9 Å². The van der Waals surface area contributed by atoms with Gasteiger partial charge in [-0.15, -0.1) is 0 Å². The van der Waals surface area contributed by atoms with E-state index < -0.39 is 0 Å². The van der Waals surface area contributed by atoms with Gasteiger partial charge in [-0.2, -0.15) is 5.10 Å². The molecule has 5 heteroatoms. The SMILES string of the molecule is COc1ccc2c(c1)CCC1C2=NN(C(C)=O)C1c1ccc(N(C)C)cc1. The highest BCUT2D eigenvalue weighted by Crippen LogP contribution is 2.44. The standard InChI is InChI=1S/C22H25N3O2/c1-14(26)25-22(15-5-8-17(9-6-15)24(2)3)20-11-7-16-13-18(27-4)10-12-19(16)21(20)23-25/h5-6,8-10,12-13,20,22H,7,11H2,1-4H3. The Bertz CT molecular complexity index is 902. The van der Waals surface area contributed by atoms with Gasteiger partial charge in [0.25, 0.3) is 0 Å². The molecule has 0 saturated carbocycles. The number of methoxy groups -OCH3 is 1. The van der Waals surface area contributed by atoms with E-state index in [0.29, 0.717) is 0 Å². The lowest BCUT2D eigenvalue weighted by atomic mass is 9.77. The topological polar surface area (TPSA) is 45.1 Å². The summed E-state index contributed by atoms with van der Waals surface area (Å²) in [6.07, 6.45) is 1.94. The first-order valence-corrected chi connectivity index (χ1v) is 9.32. The number of amides is 1. The number of carbonyl (C=O) groups excluding carboxylic acids is 1. The van der Waals surface area contributed by atoms with Crippen LogP contribution in [0.2, 0.25) is 0 Å². The van der Waals surface area contributed by atoms with Crippen molar-refractivity contribution in [3.05, 3.63) is 59.2 Å². The molecule has 140 valence electrons. The molecule has 0 aromatic heterocycles. The molecule has 1 aliphatic carbocycles. The van der Waals surface area contributed by atoms with Crippen molar-refractivity contribution in [2.45, 2.75) is 25.8 Å². The molecule has 0 saturated heterocycles. The number of fused-ring (bicyclic) bond motifs is 3. The van der Waals surface area contributed by atoms with Crippen LogP contribution in [0.3, 0.4) is 0 Å². The lowest BCUT2D eigenvalue weighted by molar-refractivity contribution is -0.131. The molecule has 0 N–H and O–H groups in total. The van der Waals surface area contributed by atoms with Crippen LogP contribution in [0.5, 0.6) is 5.75 Å². The molecule has 2 unspecified atom stereocenters. The van der Waals surface area contributed by atoms with Crippen molar-refractivity contribution in [2.24, 2.45) is 11.0 Å². The number of hydrazone groups is 1. The fourth-order valence-electron chi connectivity index (χ4n) is 4.19. The van der Waals surface area contributed by atoms with Crippen LogP contribution in [0, 0.1) is 5.92 Å². The Kier molecular flexibility index (Phi) is 4.38. The Hall–Kier alpha value is -2.82. The van der Waals surface area contributed by atoms with Crippen LogP contribution in [0.1, 0.15) is 36.1 Å². The summed E-state index contributed by atoms with van der Waals surface area (Å²) < 4.78 is 5.36.